The summed E-state index contributed by atoms with van der Waals surface area (Å²) < 4.78 is 57.6. The predicted octanol–water partition coefficient (Wildman–Crippen LogP) is 1.73. The zero-order chi connectivity index (χ0) is 25.8. The normalized spacial score (nSPS) is 11.9. The fraction of sp³-hybridized carbons (Fsp3) is 0. The Labute approximate surface area is 221 Å². The average Bonchev–Trinajstić information content (AvgIpc) is 2.85. The Balaban J connectivity index is 1.39. The summed E-state index contributed by atoms with van der Waals surface area (Å²) in [4.78, 5) is 0.299. The molecule has 0 aliphatic heterocycles. The number of hydrogen-bond acceptors (Lipinski definition) is 6. The maximum atomic E-state index is 12.5. The number of nitrogens with two attached hydrogens (primary N) is 2. The molecule has 0 aromatic heterocycles. The molecule has 184 valence electrons. The standard InChI is InChI=1S/C24H22As2N4O4S2/c27-19-5-13-23(14-6-19)35(31,32)29-21-9-1-17(2-10-21)25-26-18-3-11-22(12-4-18)30-36(33,34)24-15-7-20(28)8-16-24/h1-16,29-30H,27-28H2. The van der Waals surface area contributed by atoms with Crippen LogP contribution in [0.1, 0.15) is 0 Å². The fourth-order valence-corrected chi connectivity index (χ4v) is 12.2. The molecule has 4 rings (SSSR count). The molecule has 36 heavy (non-hydrogen) atoms. The van der Waals surface area contributed by atoms with Gasteiger partial charge in [-0.2, -0.15) is 0 Å². The molecule has 0 heterocycles. The Morgan fingerprint density at radius 1 is 0.472 bits per heavy atom. The van der Waals surface area contributed by atoms with E-state index in [1.165, 1.54) is 33.0 Å². The third kappa shape index (κ3) is 6.86. The van der Waals surface area contributed by atoms with Crippen molar-refractivity contribution in [2.75, 3.05) is 20.9 Å². The van der Waals surface area contributed by atoms with Crippen molar-refractivity contribution in [3.8, 4) is 0 Å². The summed E-state index contributed by atoms with van der Waals surface area (Å²) in [6.45, 7) is 0. The zero-order valence-electron chi connectivity index (χ0n) is 18.7. The van der Waals surface area contributed by atoms with Gasteiger partial charge >= 0.3 is 222 Å². The van der Waals surface area contributed by atoms with Crippen LogP contribution in [-0.4, -0.2) is 43.1 Å². The Morgan fingerprint density at radius 2 is 0.778 bits per heavy atom. The SMILES string of the molecule is Nc1ccc(S(=O)(=O)Nc2ccc([As]=[As]c3ccc(NS(=O)(=O)c4ccc(N)cc4)cc3)cc2)cc1. The number of rotatable bonds is 8. The first-order valence-corrected chi connectivity index (χ1v) is 20.5. The van der Waals surface area contributed by atoms with E-state index in [1.807, 2.05) is 24.3 Å². The first-order chi connectivity index (χ1) is 17.1. The van der Waals surface area contributed by atoms with Crippen molar-refractivity contribution in [3.05, 3.63) is 97.1 Å². The summed E-state index contributed by atoms with van der Waals surface area (Å²) in [5.74, 6) is 0. The third-order valence-electron chi connectivity index (χ3n) is 4.90. The van der Waals surface area contributed by atoms with Crippen LogP contribution in [0.2, 0.25) is 0 Å². The Kier molecular flexibility index (Phi) is 8.00. The van der Waals surface area contributed by atoms with Gasteiger partial charge in [0.15, 0.2) is 0 Å². The minimum atomic E-state index is -3.68. The van der Waals surface area contributed by atoms with Gasteiger partial charge in [-0.1, -0.05) is 0 Å². The number of nitrogen functional groups attached to an aromatic ring is 2. The van der Waals surface area contributed by atoms with Crippen molar-refractivity contribution in [3.63, 3.8) is 0 Å². The second-order valence-electron chi connectivity index (χ2n) is 7.64. The number of benzene rings is 4. The predicted molar refractivity (Wildman–Crippen MR) is 147 cm³/mol. The van der Waals surface area contributed by atoms with Crippen molar-refractivity contribution in [1.82, 2.24) is 0 Å². The van der Waals surface area contributed by atoms with Crippen LogP contribution in [-0.2, 0) is 20.0 Å². The summed E-state index contributed by atoms with van der Waals surface area (Å²) in [7, 11) is -7.36. The third-order valence-corrected chi connectivity index (χ3v) is 16.3. The molecule has 6 N–H and O–H groups in total. The average molecular weight is 644 g/mol. The summed E-state index contributed by atoms with van der Waals surface area (Å²) >= 11 is -0.219. The van der Waals surface area contributed by atoms with Gasteiger partial charge in [0.2, 0.25) is 0 Å². The second kappa shape index (κ2) is 11.0. The molecule has 0 aliphatic rings. The molecule has 4 aromatic carbocycles. The molecule has 4 aromatic rings. The van der Waals surface area contributed by atoms with E-state index in [4.69, 9.17) is 11.5 Å². The van der Waals surface area contributed by atoms with E-state index in [0.717, 1.165) is 0 Å². The molecule has 0 bridgehead atoms. The van der Waals surface area contributed by atoms with Crippen LogP contribution in [0.3, 0.4) is 0 Å². The number of hydrogen-bond donors (Lipinski definition) is 4. The van der Waals surface area contributed by atoms with Crippen molar-refractivity contribution in [1.29, 1.82) is 0 Å². The molecule has 0 spiro atoms. The van der Waals surface area contributed by atoms with Gasteiger partial charge in [-0.05, 0) is 0 Å². The van der Waals surface area contributed by atoms with Gasteiger partial charge in [-0.15, -0.1) is 0 Å². The van der Waals surface area contributed by atoms with Crippen LogP contribution in [0.4, 0.5) is 22.7 Å². The van der Waals surface area contributed by atoms with Crippen molar-refractivity contribution in [2.45, 2.75) is 9.79 Å². The van der Waals surface area contributed by atoms with E-state index in [9.17, 15) is 16.8 Å². The second-order valence-corrected chi connectivity index (χ2v) is 18.4. The maximum absolute atomic E-state index is 12.5. The van der Waals surface area contributed by atoms with Gasteiger partial charge in [0.05, 0.1) is 0 Å². The molecule has 0 saturated carbocycles. The van der Waals surface area contributed by atoms with Crippen molar-refractivity contribution >= 4 is 77.8 Å². The van der Waals surface area contributed by atoms with Gasteiger partial charge < -0.3 is 0 Å². The number of nitrogens with one attached hydrogen (secondary N) is 2. The van der Waals surface area contributed by atoms with Crippen LogP contribution in [0, 0.1) is 0 Å². The van der Waals surface area contributed by atoms with Crippen LogP contribution in [0.15, 0.2) is 107 Å². The molecule has 0 atom stereocenters. The molecular weight excluding hydrogens is 622 g/mol. The van der Waals surface area contributed by atoms with Crippen molar-refractivity contribution in [2.24, 2.45) is 0 Å². The molecule has 0 fully saturated rings. The van der Waals surface area contributed by atoms with Gasteiger partial charge in [-0.25, -0.2) is 0 Å². The fourth-order valence-electron chi connectivity index (χ4n) is 3.03. The quantitative estimate of drug-likeness (QED) is 0.170. The van der Waals surface area contributed by atoms with E-state index in [-0.39, 0.29) is 36.1 Å². The molecule has 0 unspecified atom stereocenters. The zero-order valence-corrected chi connectivity index (χ0v) is 24.1. The molecule has 0 aliphatic carbocycles. The molecule has 12 heteroatoms. The molecule has 0 saturated heterocycles. The Morgan fingerprint density at radius 3 is 1.08 bits per heavy atom. The molecule has 0 amide bonds. The van der Waals surface area contributed by atoms with E-state index in [2.05, 4.69) is 9.44 Å². The van der Waals surface area contributed by atoms with Gasteiger partial charge in [0.25, 0.3) is 0 Å². The van der Waals surface area contributed by atoms with E-state index >= 15 is 0 Å². The number of anilines is 4. The van der Waals surface area contributed by atoms with E-state index in [0.29, 0.717) is 22.7 Å². The van der Waals surface area contributed by atoms with Crippen molar-refractivity contribution < 1.29 is 16.8 Å². The van der Waals surface area contributed by atoms with Gasteiger partial charge in [0, 0.05) is 0 Å². The number of sulfonamides is 2. The summed E-state index contributed by atoms with van der Waals surface area (Å²) in [6.07, 6.45) is 0. The summed E-state index contributed by atoms with van der Waals surface area (Å²) in [5.41, 5.74) is 13.2. The minimum absolute atomic E-state index is 0.109. The molecule has 0 radical (unpaired) electrons. The van der Waals surface area contributed by atoms with Crippen LogP contribution in [0.25, 0.3) is 0 Å². The van der Waals surface area contributed by atoms with Crippen LogP contribution < -0.4 is 29.6 Å². The van der Waals surface area contributed by atoms with Gasteiger partial charge in [0.1, 0.15) is 0 Å². The first-order valence-electron chi connectivity index (χ1n) is 10.5. The van der Waals surface area contributed by atoms with E-state index < -0.39 is 20.0 Å². The van der Waals surface area contributed by atoms with Crippen LogP contribution in [0.5, 0.6) is 0 Å². The monoisotopic (exact) mass is 644 g/mol. The molecular formula is C24H22As2N4O4S2. The van der Waals surface area contributed by atoms with E-state index in [1.54, 1.807) is 48.5 Å². The Hall–Kier alpha value is -2.90. The summed E-state index contributed by atoms with van der Waals surface area (Å²) in [5, 5.41) is 0. The Bertz CT molecular complexity index is 1470. The molecule has 8 nitrogen and oxygen atoms in total. The van der Waals surface area contributed by atoms with Gasteiger partial charge in [-0.3, -0.25) is 0 Å². The van der Waals surface area contributed by atoms with Crippen LogP contribution >= 0.6 is 0 Å². The topological polar surface area (TPSA) is 144 Å². The first kappa shape index (κ1) is 26.2. The summed E-state index contributed by atoms with van der Waals surface area (Å²) in [6, 6.07) is 26.8.